The van der Waals surface area contributed by atoms with Crippen molar-refractivity contribution >= 4 is 29.3 Å². The van der Waals surface area contributed by atoms with Gasteiger partial charge in [-0.2, -0.15) is 4.98 Å². The van der Waals surface area contributed by atoms with Crippen LogP contribution in [0.1, 0.15) is 0 Å². The van der Waals surface area contributed by atoms with Crippen molar-refractivity contribution in [2.45, 2.75) is 5.16 Å². The van der Waals surface area contributed by atoms with Gasteiger partial charge in [-0.15, -0.1) is 5.10 Å². The molecular weight excluding hydrogens is 357 g/mol. The Labute approximate surface area is 145 Å². The van der Waals surface area contributed by atoms with E-state index in [1.165, 1.54) is 25.3 Å². The maximum Gasteiger partial charge on any atom is 0.316 e. The number of esters is 1. The molecule has 9 heteroatoms. The summed E-state index contributed by atoms with van der Waals surface area (Å²) in [5.74, 6) is 0.378. The van der Waals surface area contributed by atoms with Gasteiger partial charge in [0.15, 0.2) is 11.6 Å². The number of carbonyl (C=O) groups is 1. The molecule has 0 aliphatic rings. The molecule has 3 aromatic rings. The van der Waals surface area contributed by atoms with Crippen molar-refractivity contribution in [3.63, 3.8) is 0 Å². The predicted molar refractivity (Wildman–Crippen MR) is 87.2 cm³/mol. The molecule has 0 bridgehead atoms. The van der Waals surface area contributed by atoms with Crippen molar-refractivity contribution in [1.29, 1.82) is 0 Å². The van der Waals surface area contributed by atoms with Crippen LogP contribution in [0.4, 0.5) is 4.39 Å². The van der Waals surface area contributed by atoms with Gasteiger partial charge in [-0.3, -0.25) is 9.89 Å². The summed E-state index contributed by atoms with van der Waals surface area (Å²) in [5, 5.41) is 7.47. The van der Waals surface area contributed by atoms with E-state index in [9.17, 15) is 9.18 Å². The summed E-state index contributed by atoms with van der Waals surface area (Å²) in [4.78, 5) is 15.3. The van der Waals surface area contributed by atoms with E-state index in [1.807, 2.05) is 0 Å². The normalized spacial score (nSPS) is 10.8. The number of ether oxygens (including phenoxy) is 1. The number of thioether (sulfide) groups is 1. The Bertz CT molecular complexity index is 880. The molecule has 1 N–H and O–H groups in total. The van der Waals surface area contributed by atoms with E-state index in [4.69, 9.17) is 16.0 Å². The predicted octanol–water partition coefficient (Wildman–Crippen LogP) is 3.79. The first-order chi connectivity index (χ1) is 11.6. The molecular formula is C15H11ClFN3O3S. The maximum absolute atomic E-state index is 13.9. The molecule has 0 radical (unpaired) electrons. The number of aromatic nitrogens is 3. The minimum absolute atomic E-state index is 0.102. The lowest BCUT2D eigenvalue weighted by Crippen LogP contribution is -2.03. The number of benzene rings is 1. The molecule has 0 saturated heterocycles. The lowest BCUT2D eigenvalue weighted by atomic mass is 10.1. The van der Waals surface area contributed by atoms with Gasteiger partial charge >= 0.3 is 5.97 Å². The van der Waals surface area contributed by atoms with Crippen LogP contribution in [0.15, 0.2) is 39.9 Å². The zero-order valence-corrected chi connectivity index (χ0v) is 13.9. The van der Waals surface area contributed by atoms with E-state index in [-0.39, 0.29) is 17.3 Å². The Hall–Kier alpha value is -2.32. The zero-order valence-electron chi connectivity index (χ0n) is 12.4. The van der Waals surface area contributed by atoms with Crippen LogP contribution in [0.25, 0.3) is 22.9 Å². The highest BCUT2D eigenvalue weighted by molar-refractivity contribution is 7.99. The molecule has 0 fully saturated rings. The minimum Gasteiger partial charge on any atom is -0.468 e. The highest BCUT2D eigenvalue weighted by Crippen LogP contribution is 2.30. The summed E-state index contributed by atoms with van der Waals surface area (Å²) in [6.07, 6.45) is 0. The lowest BCUT2D eigenvalue weighted by Gasteiger charge is -2.00. The molecule has 6 nitrogen and oxygen atoms in total. The Kier molecular flexibility index (Phi) is 4.86. The fourth-order valence-electron chi connectivity index (χ4n) is 1.90. The van der Waals surface area contributed by atoms with Crippen molar-refractivity contribution in [3.8, 4) is 22.9 Å². The number of methoxy groups -OCH3 is 1. The van der Waals surface area contributed by atoms with Gasteiger partial charge in [-0.25, -0.2) is 4.39 Å². The first-order valence-electron chi connectivity index (χ1n) is 6.74. The first-order valence-corrected chi connectivity index (χ1v) is 8.11. The van der Waals surface area contributed by atoms with E-state index in [1.54, 1.807) is 12.1 Å². The van der Waals surface area contributed by atoms with E-state index in [0.29, 0.717) is 27.5 Å². The number of halogens is 2. The van der Waals surface area contributed by atoms with Gasteiger partial charge < -0.3 is 9.15 Å². The van der Waals surface area contributed by atoms with Gasteiger partial charge in [0.2, 0.25) is 5.16 Å². The van der Waals surface area contributed by atoms with Gasteiger partial charge in [-0.1, -0.05) is 23.4 Å². The zero-order chi connectivity index (χ0) is 17.1. The van der Waals surface area contributed by atoms with Crippen LogP contribution in [0.3, 0.4) is 0 Å². The van der Waals surface area contributed by atoms with Gasteiger partial charge in [0.05, 0.1) is 18.4 Å². The van der Waals surface area contributed by atoms with Gasteiger partial charge in [0.25, 0.3) is 0 Å². The standard InChI is InChI=1S/C15H11ClFN3O3S/c1-22-13(21)7-24-15-18-14(19-20-15)12-5-4-11(23-12)9-6-8(16)2-3-10(9)17/h2-6H,7H2,1H3,(H,18,19,20). The number of furan rings is 1. The Morgan fingerprint density at radius 2 is 2.17 bits per heavy atom. The van der Waals surface area contributed by atoms with Gasteiger partial charge in [0, 0.05) is 5.02 Å². The molecule has 124 valence electrons. The SMILES string of the molecule is COC(=O)CSc1n[nH]c(-c2ccc(-c3cc(Cl)ccc3F)o2)n1. The van der Waals surface area contributed by atoms with E-state index >= 15 is 0 Å². The molecule has 2 heterocycles. The summed E-state index contributed by atoms with van der Waals surface area (Å²) in [6, 6.07) is 7.48. The molecule has 3 rings (SSSR count). The summed E-state index contributed by atoms with van der Waals surface area (Å²) in [7, 11) is 1.31. The average Bonchev–Trinajstić information content (AvgIpc) is 3.23. The quantitative estimate of drug-likeness (QED) is 0.546. The second-order valence-corrected chi connectivity index (χ2v) is 6.00. The maximum atomic E-state index is 13.9. The molecule has 0 atom stereocenters. The summed E-state index contributed by atoms with van der Waals surface area (Å²) < 4.78 is 24.0. The van der Waals surface area contributed by atoms with Crippen molar-refractivity contribution < 1.29 is 18.3 Å². The number of hydrogen-bond donors (Lipinski definition) is 1. The van der Waals surface area contributed by atoms with E-state index in [2.05, 4.69) is 19.9 Å². The molecule has 0 aliphatic carbocycles. The molecule has 0 unspecified atom stereocenters. The number of nitrogens with one attached hydrogen (secondary N) is 1. The van der Waals surface area contributed by atoms with Crippen molar-refractivity contribution in [2.75, 3.05) is 12.9 Å². The lowest BCUT2D eigenvalue weighted by molar-refractivity contribution is -0.137. The van der Waals surface area contributed by atoms with Gasteiger partial charge in [-0.05, 0) is 30.3 Å². The van der Waals surface area contributed by atoms with Crippen LogP contribution in [0.2, 0.25) is 5.02 Å². The second kappa shape index (κ2) is 7.06. The molecule has 0 spiro atoms. The van der Waals surface area contributed by atoms with Crippen molar-refractivity contribution in [1.82, 2.24) is 15.2 Å². The van der Waals surface area contributed by atoms with Crippen LogP contribution >= 0.6 is 23.4 Å². The molecule has 0 aliphatic heterocycles. The third kappa shape index (κ3) is 3.60. The smallest absolute Gasteiger partial charge is 0.316 e. The molecule has 24 heavy (non-hydrogen) atoms. The van der Waals surface area contributed by atoms with Crippen molar-refractivity contribution in [3.05, 3.63) is 41.2 Å². The minimum atomic E-state index is -0.438. The molecule has 2 aromatic heterocycles. The fraction of sp³-hybridized carbons (Fsp3) is 0.133. The molecule has 1 aromatic carbocycles. The van der Waals surface area contributed by atoms with Gasteiger partial charge in [0.1, 0.15) is 11.6 Å². The third-order valence-electron chi connectivity index (χ3n) is 3.04. The summed E-state index contributed by atoms with van der Waals surface area (Å²) in [6.45, 7) is 0. The third-order valence-corrected chi connectivity index (χ3v) is 4.10. The van der Waals surface area contributed by atoms with Crippen LogP contribution in [0, 0.1) is 5.82 Å². The topological polar surface area (TPSA) is 81.0 Å². The largest absolute Gasteiger partial charge is 0.468 e. The monoisotopic (exact) mass is 367 g/mol. The van der Waals surface area contributed by atoms with Crippen LogP contribution < -0.4 is 0 Å². The van der Waals surface area contributed by atoms with Crippen LogP contribution in [-0.4, -0.2) is 34.0 Å². The second-order valence-electron chi connectivity index (χ2n) is 4.62. The molecule has 0 saturated carbocycles. The number of hydrogen-bond acceptors (Lipinski definition) is 6. The summed E-state index contributed by atoms with van der Waals surface area (Å²) >= 11 is 7.02. The van der Waals surface area contributed by atoms with Crippen molar-refractivity contribution in [2.24, 2.45) is 0 Å². The Balaban J connectivity index is 1.80. The van der Waals surface area contributed by atoms with Crippen LogP contribution in [0.5, 0.6) is 0 Å². The van der Waals surface area contributed by atoms with E-state index in [0.717, 1.165) is 11.8 Å². The number of aromatic amines is 1. The number of H-pyrrole nitrogens is 1. The summed E-state index contributed by atoms with van der Waals surface area (Å²) in [5.41, 5.74) is 0.258. The fourth-order valence-corrected chi connectivity index (χ4v) is 2.70. The first kappa shape index (κ1) is 16.5. The number of nitrogens with zero attached hydrogens (tertiary/aromatic N) is 2. The van der Waals surface area contributed by atoms with E-state index < -0.39 is 5.82 Å². The number of rotatable bonds is 5. The van der Waals surface area contributed by atoms with Crippen LogP contribution in [-0.2, 0) is 9.53 Å². The Morgan fingerprint density at radius 3 is 2.96 bits per heavy atom. The highest BCUT2D eigenvalue weighted by atomic mass is 35.5. The number of carbonyl (C=O) groups excluding carboxylic acids is 1. The Morgan fingerprint density at radius 1 is 1.38 bits per heavy atom. The highest BCUT2D eigenvalue weighted by Gasteiger charge is 2.15. The average molecular weight is 368 g/mol. The molecule has 0 amide bonds.